The van der Waals surface area contributed by atoms with Gasteiger partial charge in [-0.3, -0.25) is 9.78 Å². The van der Waals surface area contributed by atoms with Crippen molar-refractivity contribution in [3.8, 4) is 0 Å². The molecule has 150 valence electrons. The van der Waals surface area contributed by atoms with Crippen molar-refractivity contribution >= 4 is 15.9 Å². The summed E-state index contributed by atoms with van der Waals surface area (Å²) in [5.74, 6) is -0.0712. The maximum absolute atomic E-state index is 12.9. The zero-order chi connectivity index (χ0) is 20.3. The Morgan fingerprint density at radius 3 is 2.36 bits per heavy atom. The summed E-state index contributed by atoms with van der Waals surface area (Å²) in [6.07, 6.45) is 4.51. The lowest BCUT2D eigenvalue weighted by Crippen LogP contribution is -2.43. The normalized spacial score (nSPS) is 16.1. The van der Waals surface area contributed by atoms with Crippen LogP contribution in [0.4, 0.5) is 0 Å². The Balaban J connectivity index is 1.61. The number of nitrogens with zero attached hydrogens (tertiary/aromatic N) is 3. The van der Waals surface area contributed by atoms with Gasteiger partial charge in [0.2, 0.25) is 15.9 Å². The van der Waals surface area contributed by atoms with Gasteiger partial charge in [-0.2, -0.15) is 4.31 Å². The number of hydrogen-bond donors (Lipinski definition) is 0. The predicted molar refractivity (Wildman–Crippen MR) is 108 cm³/mol. The molecule has 1 saturated heterocycles. The molecule has 1 aliphatic rings. The van der Waals surface area contributed by atoms with Gasteiger partial charge in [0.1, 0.15) is 0 Å². The van der Waals surface area contributed by atoms with Gasteiger partial charge in [-0.05, 0) is 67.6 Å². The van der Waals surface area contributed by atoms with Crippen molar-refractivity contribution in [2.75, 3.05) is 20.1 Å². The summed E-state index contributed by atoms with van der Waals surface area (Å²) in [5, 5.41) is 0. The lowest BCUT2D eigenvalue weighted by Gasteiger charge is -2.32. The molecule has 1 fully saturated rings. The molecule has 0 atom stereocenters. The highest BCUT2D eigenvalue weighted by Crippen LogP contribution is 2.26. The molecule has 0 radical (unpaired) electrons. The van der Waals surface area contributed by atoms with Crippen LogP contribution in [0.3, 0.4) is 0 Å². The Hall–Kier alpha value is -2.25. The SMILES string of the molecule is Cc1ccc(S(=O)(=O)N2CCC(C(=O)N(C)Cc3ccncc3)CC2)cc1C. The van der Waals surface area contributed by atoms with Crippen LogP contribution in [-0.4, -0.2) is 48.7 Å². The molecule has 1 aliphatic heterocycles. The molecule has 0 saturated carbocycles. The van der Waals surface area contributed by atoms with Crippen molar-refractivity contribution in [2.24, 2.45) is 5.92 Å². The van der Waals surface area contributed by atoms with Crippen molar-refractivity contribution < 1.29 is 13.2 Å². The van der Waals surface area contributed by atoms with E-state index < -0.39 is 10.0 Å². The number of benzene rings is 1. The van der Waals surface area contributed by atoms with Crippen LogP contribution < -0.4 is 0 Å². The van der Waals surface area contributed by atoms with E-state index in [4.69, 9.17) is 0 Å². The minimum atomic E-state index is -3.52. The van der Waals surface area contributed by atoms with E-state index in [-0.39, 0.29) is 11.8 Å². The fourth-order valence-corrected chi connectivity index (χ4v) is 5.07. The van der Waals surface area contributed by atoms with E-state index in [9.17, 15) is 13.2 Å². The number of piperidine rings is 1. The maximum atomic E-state index is 12.9. The monoisotopic (exact) mass is 401 g/mol. The molecule has 1 amide bonds. The largest absolute Gasteiger partial charge is 0.341 e. The molecular formula is C21H27N3O3S. The second-order valence-corrected chi connectivity index (χ2v) is 9.41. The summed E-state index contributed by atoms with van der Waals surface area (Å²) in [7, 11) is -1.73. The summed E-state index contributed by atoms with van der Waals surface area (Å²) < 4.78 is 27.4. The number of amides is 1. The van der Waals surface area contributed by atoms with Crippen LogP contribution in [0.2, 0.25) is 0 Å². The van der Waals surface area contributed by atoms with Gasteiger partial charge < -0.3 is 4.90 Å². The minimum absolute atomic E-state index is 0.0695. The van der Waals surface area contributed by atoms with Gasteiger partial charge in [-0.15, -0.1) is 0 Å². The van der Waals surface area contributed by atoms with Crippen molar-refractivity contribution in [3.05, 3.63) is 59.4 Å². The zero-order valence-electron chi connectivity index (χ0n) is 16.6. The Morgan fingerprint density at radius 1 is 1.11 bits per heavy atom. The highest BCUT2D eigenvalue weighted by atomic mass is 32.2. The third-order valence-corrected chi connectivity index (χ3v) is 7.36. The number of aryl methyl sites for hydroxylation is 2. The first-order valence-corrected chi connectivity index (χ1v) is 10.9. The van der Waals surface area contributed by atoms with Crippen LogP contribution in [0.25, 0.3) is 0 Å². The van der Waals surface area contributed by atoms with Crippen molar-refractivity contribution in [1.82, 2.24) is 14.2 Å². The van der Waals surface area contributed by atoms with Crippen LogP contribution in [0, 0.1) is 19.8 Å². The number of aromatic nitrogens is 1. The molecule has 28 heavy (non-hydrogen) atoms. The van der Waals surface area contributed by atoms with Crippen LogP contribution in [0.5, 0.6) is 0 Å². The Kier molecular flexibility index (Phi) is 6.15. The first kappa shape index (κ1) is 20.5. The number of pyridine rings is 1. The van der Waals surface area contributed by atoms with Gasteiger partial charge in [0.15, 0.2) is 0 Å². The first-order chi connectivity index (χ1) is 13.3. The van der Waals surface area contributed by atoms with E-state index in [1.807, 2.05) is 32.0 Å². The van der Waals surface area contributed by atoms with Crippen molar-refractivity contribution in [1.29, 1.82) is 0 Å². The molecule has 0 aliphatic carbocycles. The maximum Gasteiger partial charge on any atom is 0.243 e. The van der Waals surface area contributed by atoms with E-state index in [1.165, 1.54) is 4.31 Å². The van der Waals surface area contributed by atoms with Gasteiger partial charge >= 0.3 is 0 Å². The lowest BCUT2D eigenvalue weighted by atomic mass is 9.96. The summed E-state index contributed by atoms with van der Waals surface area (Å²) in [5.41, 5.74) is 3.06. The predicted octanol–water partition coefficient (Wildman–Crippen LogP) is 2.76. The zero-order valence-corrected chi connectivity index (χ0v) is 17.4. The molecule has 0 unspecified atom stereocenters. The van der Waals surface area contributed by atoms with Crippen molar-refractivity contribution in [3.63, 3.8) is 0 Å². The number of sulfonamides is 1. The van der Waals surface area contributed by atoms with Crippen molar-refractivity contribution in [2.45, 2.75) is 38.1 Å². The van der Waals surface area contributed by atoms with E-state index >= 15 is 0 Å². The molecule has 1 aromatic carbocycles. The third kappa shape index (κ3) is 4.42. The fraction of sp³-hybridized carbons (Fsp3) is 0.429. The van der Waals surface area contributed by atoms with Gasteiger partial charge in [0, 0.05) is 45.0 Å². The van der Waals surface area contributed by atoms with Crippen LogP contribution in [0.15, 0.2) is 47.6 Å². The molecule has 2 heterocycles. The summed E-state index contributed by atoms with van der Waals surface area (Å²) in [6.45, 7) is 5.15. The second-order valence-electron chi connectivity index (χ2n) is 7.47. The van der Waals surface area contributed by atoms with E-state index in [1.54, 1.807) is 36.5 Å². The van der Waals surface area contributed by atoms with Crippen LogP contribution in [0.1, 0.15) is 29.5 Å². The van der Waals surface area contributed by atoms with Crippen LogP contribution in [-0.2, 0) is 21.4 Å². The second kappa shape index (κ2) is 8.41. The first-order valence-electron chi connectivity index (χ1n) is 9.50. The number of hydrogen-bond acceptors (Lipinski definition) is 4. The third-order valence-electron chi connectivity index (χ3n) is 5.46. The molecule has 1 aromatic heterocycles. The Bertz CT molecular complexity index is 937. The summed E-state index contributed by atoms with van der Waals surface area (Å²) in [6, 6.07) is 9.01. The average molecular weight is 402 g/mol. The molecular weight excluding hydrogens is 374 g/mol. The molecule has 3 rings (SSSR count). The summed E-state index contributed by atoms with van der Waals surface area (Å²) in [4.78, 5) is 18.8. The Labute approximate surface area is 167 Å². The van der Waals surface area contributed by atoms with Gasteiger partial charge in [-0.25, -0.2) is 8.42 Å². The van der Waals surface area contributed by atoms with Gasteiger partial charge in [-0.1, -0.05) is 6.07 Å². The standard InChI is InChI=1S/C21H27N3O3S/c1-16-4-5-20(14-17(16)2)28(26,27)24-12-8-19(9-13-24)21(25)23(3)15-18-6-10-22-11-7-18/h4-7,10-11,14,19H,8-9,12-13,15H2,1-3H3. The number of rotatable bonds is 5. The molecule has 6 nitrogen and oxygen atoms in total. The van der Waals surface area contributed by atoms with Gasteiger partial charge in [0.05, 0.1) is 4.90 Å². The smallest absolute Gasteiger partial charge is 0.243 e. The number of carbonyl (C=O) groups is 1. The van der Waals surface area contributed by atoms with E-state index in [2.05, 4.69) is 4.98 Å². The quantitative estimate of drug-likeness (QED) is 0.772. The molecule has 2 aromatic rings. The molecule has 0 N–H and O–H groups in total. The average Bonchev–Trinajstić information content (AvgIpc) is 2.70. The highest BCUT2D eigenvalue weighted by molar-refractivity contribution is 7.89. The molecule has 7 heteroatoms. The fourth-order valence-electron chi connectivity index (χ4n) is 3.52. The van der Waals surface area contributed by atoms with Crippen LogP contribution >= 0.6 is 0 Å². The lowest BCUT2D eigenvalue weighted by molar-refractivity contribution is -0.135. The van der Waals surface area contributed by atoms with E-state index in [0.29, 0.717) is 37.4 Å². The van der Waals surface area contributed by atoms with E-state index in [0.717, 1.165) is 16.7 Å². The minimum Gasteiger partial charge on any atom is -0.341 e. The molecule has 0 bridgehead atoms. The molecule has 0 spiro atoms. The Morgan fingerprint density at radius 2 is 1.75 bits per heavy atom. The topological polar surface area (TPSA) is 70.6 Å². The highest BCUT2D eigenvalue weighted by Gasteiger charge is 2.33. The number of carbonyl (C=O) groups excluding carboxylic acids is 1. The van der Waals surface area contributed by atoms with Gasteiger partial charge in [0.25, 0.3) is 0 Å². The summed E-state index contributed by atoms with van der Waals surface area (Å²) >= 11 is 0.